The van der Waals surface area contributed by atoms with Gasteiger partial charge in [0.1, 0.15) is 5.78 Å². The molecule has 1 saturated carbocycles. The number of aliphatic hydroxyl groups is 2. The van der Waals surface area contributed by atoms with Crippen molar-refractivity contribution in [1.29, 1.82) is 0 Å². The van der Waals surface area contributed by atoms with Crippen LogP contribution in [0.2, 0.25) is 0 Å². The van der Waals surface area contributed by atoms with E-state index >= 15 is 0 Å². The van der Waals surface area contributed by atoms with Crippen LogP contribution in [0.3, 0.4) is 0 Å². The molecule has 0 aromatic carbocycles. The molecular formula is C21H34O5. The second-order valence-electron chi connectivity index (χ2n) is 7.59. The molecule has 26 heavy (non-hydrogen) atoms. The first-order chi connectivity index (χ1) is 12.3. The van der Waals surface area contributed by atoms with Crippen molar-refractivity contribution in [3.63, 3.8) is 0 Å². The number of carbonyl (C=O) groups is 2. The van der Waals surface area contributed by atoms with Crippen LogP contribution in [0.15, 0.2) is 24.3 Å². The molecule has 0 aromatic rings. The van der Waals surface area contributed by atoms with Crippen molar-refractivity contribution in [2.24, 2.45) is 11.8 Å². The highest BCUT2D eigenvalue weighted by Crippen LogP contribution is 2.34. The van der Waals surface area contributed by atoms with E-state index in [1.807, 2.05) is 12.2 Å². The zero-order chi connectivity index (χ0) is 19.6. The summed E-state index contributed by atoms with van der Waals surface area (Å²) in [6, 6.07) is 0. The van der Waals surface area contributed by atoms with E-state index in [1.165, 1.54) is 0 Å². The van der Waals surface area contributed by atoms with E-state index in [2.05, 4.69) is 6.92 Å². The van der Waals surface area contributed by atoms with Crippen molar-refractivity contribution in [2.75, 3.05) is 0 Å². The normalized spacial score (nSPS) is 26.0. The molecule has 1 fully saturated rings. The fourth-order valence-corrected chi connectivity index (χ4v) is 3.39. The van der Waals surface area contributed by atoms with Crippen molar-refractivity contribution in [3.05, 3.63) is 24.3 Å². The molecule has 0 saturated heterocycles. The van der Waals surface area contributed by atoms with Crippen molar-refractivity contribution in [2.45, 2.75) is 83.3 Å². The quantitative estimate of drug-likeness (QED) is 0.362. The Hall–Kier alpha value is -1.46. The van der Waals surface area contributed by atoms with Gasteiger partial charge in [0.05, 0.1) is 11.7 Å². The molecule has 0 aromatic heterocycles. The van der Waals surface area contributed by atoms with Gasteiger partial charge in [0.15, 0.2) is 0 Å². The minimum absolute atomic E-state index is 0.0161. The molecule has 4 atom stereocenters. The Morgan fingerprint density at radius 1 is 1.27 bits per heavy atom. The van der Waals surface area contributed by atoms with Crippen molar-refractivity contribution >= 4 is 11.8 Å². The van der Waals surface area contributed by atoms with Crippen LogP contribution in [0.1, 0.15) is 71.6 Å². The van der Waals surface area contributed by atoms with Crippen LogP contribution in [0.25, 0.3) is 0 Å². The monoisotopic (exact) mass is 366 g/mol. The Kier molecular flexibility index (Phi) is 9.81. The second-order valence-corrected chi connectivity index (χ2v) is 7.59. The van der Waals surface area contributed by atoms with Crippen LogP contribution in [-0.4, -0.2) is 38.8 Å². The topological polar surface area (TPSA) is 94.8 Å². The van der Waals surface area contributed by atoms with Crippen LogP contribution in [0, 0.1) is 11.8 Å². The Balaban J connectivity index is 2.58. The molecule has 5 heteroatoms. The molecule has 0 spiro atoms. The largest absolute Gasteiger partial charge is 0.481 e. The first-order valence-corrected chi connectivity index (χ1v) is 9.76. The fraction of sp³-hybridized carbons (Fsp3) is 0.714. The smallest absolute Gasteiger partial charge is 0.303 e. The molecule has 1 aliphatic carbocycles. The third-order valence-corrected chi connectivity index (χ3v) is 5.02. The van der Waals surface area contributed by atoms with Crippen LogP contribution in [-0.2, 0) is 9.59 Å². The molecular weight excluding hydrogens is 332 g/mol. The lowest BCUT2D eigenvalue weighted by molar-refractivity contribution is -0.137. The van der Waals surface area contributed by atoms with Crippen molar-refractivity contribution < 1.29 is 24.9 Å². The summed E-state index contributed by atoms with van der Waals surface area (Å²) in [7, 11) is 0. The van der Waals surface area contributed by atoms with E-state index in [0.717, 1.165) is 19.3 Å². The van der Waals surface area contributed by atoms with E-state index in [1.54, 1.807) is 19.1 Å². The summed E-state index contributed by atoms with van der Waals surface area (Å²) < 4.78 is 0. The highest BCUT2D eigenvalue weighted by Gasteiger charge is 2.39. The van der Waals surface area contributed by atoms with Gasteiger partial charge in [-0.3, -0.25) is 9.59 Å². The SMILES string of the molecule is CCCCC[C@@](C)(O)/C=C/[C@H]1C(=O)CC(O)[C@@H]1C/C=C\CCCC(=O)O. The molecule has 0 heterocycles. The summed E-state index contributed by atoms with van der Waals surface area (Å²) in [6.07, 6.45) is 12.6. The zero-order valence-corrected chi connectivity index (χ0v) is 16.1. The molecule has 0 aliphatic heterocycles. The van der Waals surface area contributed by atoms with Gasteiger partial charge >= 0.3 is 5.97 Å². The Labute approximate surface area is 156 Å². The number of aliphatic hydroxyl groups excluding tert-OH is 1. The van der Waals surface area contributed by atoms with Gasteiger partial charge in [0.25, 0.3) is 0 Å². The highest BCUT2D eigenvalue weighted by molar-refractivity contribution is 5.86. The second kappa shape index (κ2) is 11.3. The number of hydrogen-bond donors (Lipinski definition) is 3. The van der Waals surface area contributed by atoms with Gasteiger partial charge in [-0.25, -0.2) is 0 Å². The van der Waals surface area contributed by atoms with Gasteiger partial charge in [-0.15, -0.1) is 0 Å². The molecule has 0 bridgehead atoms. The third kappa shape index (κ3) is 8.28. The number of aliphatic carboxylic acids is 1. The number of carboxylic acids is 1. The molecule has 5 nitrogen and oxygen atoms in total. The number of Topliss-reactive ketones (excluding diaryl/α,β-unsaturated/α-hetero) is 1. The standard InChI is InChI=1S/C21H34O5/c1-3-4-9-13-21(2,26)14-12-17-16(18(22)15-19(17)23)10-7-5-6-8-11-20(24)25/h5,7,12,14,16-18,22,26H,3-4,6,8-11,13,15H2,1-2H3,(H,24,25)/b7-5-,14-12+/t16-,17-,18?,21-/m1/s1. The first-order valence-electron chi connectivity index (χ1n) is 9.76. The van der Waals surface area contributed by atoms with E-state index in [0.29, 0.717) is 25.7 Å². The van der Waals surface area contributed by atoms with E-state index in [-0.39, 0.29) is 30.5 Å². The summed E-state index contributed by atoms with van der Waals surface area (Å²) in [4.78, 5) is 22.7. The predicted molar refractivity (Wildman–Crippen MR) is 102 cm³/mol. The summed E-state index contributed by atoms with van der Waals surface area (Å²) in [5.41, 5.74) is -0.930. The summed E-state index contributed by atoms with van der Waals surface area (Å²) in [5, 5.41) is 29.2. The highest BCUT2D eigenvalue weighted by atomic mass is 16.4. The molecule has 1 rings (SSSR count). The van der Waals surface area contributed by atoms with E-state index in [4.69, 9.17) is 5.11 Å². The minimum atomic E-state index is -0.930. The first kappa shape index (κ1) is 22.6. The Bertz CT molecular complexity index is 507. The minimum Gasteiger partial charge on any atom is -0.481 e. The molecule has 1 aliphatic rings. The van der Waals surface area contributed by atoms with Gasteiger partial charge in [-0.05, 0) is 32.6 Å². The van der Waals surface area contributed by atoms with Crippen LogP contribution in [0.4, 0.5) is 0 Å². The summed E-state index contributed by atoms with van der Waals surface area (Å²) in [5.74, 6) is -1.33. The van der Waals surface area contributed by atoms with Crippen LogP contribution >= 0.6 is 0 Å². The maximum atomic E-state index is 12.2. The lowest BCUT2D eigenvalue weighted by Crippen LogP contribution is -2.23. The van der Waals surface area contributed by atoms with Gasteiger partial charge in [0, 0.05) is 24.7 Å². The van der Waals surface area contributed by atoms with E-state index in [9.17, 15) is 19.8 Å². The number of rotatable bonds is 12. The number of unbranched alkanes of at least 4 members (excludes halogenated alkanes) is 3. The van der Waals surface area contributed by atoms with Gasteiger partial charge in [-0.2, -0.15) is 0 Å². The van der Waals surface area contributed by atoms with Gasteiger partial charge < -0.3 is 15.3 Å². The maximum Gasteiger partial charge on any atom is 0.303 e. The third-order valence-electron chi connectivity index (χ3n) is 5.02. The molecule has 0 amide bonds. The summed E-state index contributed by atoms with van der Waals surface area (Å²) >= 11 is 0. The van der Waals surface area contributed by atoms with Crippen molar-refractivity contribution in [3.8, 4) is 0 Å². The Morgan fingerprint density at radius 3 is 2.65 bits per heavy atom. The summed E-state index contributed by atoms with van der Waals surface area (Å²) in [6.45, 7) is 3.87. The number of hydrogen-bond acceptors (Lipinski definition) is 4. The molecule has 3 N–H and O–H groups in total. The van der Waals surface area contributed by atoms with Crippen LogP contribution < -0.4 is 0 Å². The zero-order valence-electron chi connectivity index (χ0n) is 16.1. The number of carbonyl (C=O) groups excluding carboxylic acids is 1. The van der Waals surface area contributed by atoms with Crippen LogP contribution in [0.5, 0.6) is 0 Å². The van der Waals surface area contributed by atoms with Gasteiger partial charge in [0.2, 0.25) is 0 Å². The average Bonchev–Trinajstić information content (AvgIpc) is 2.82. The number of carboxylic acid groups (broad SMARTS) is 1. The maximum absolute atomic E-state index is 12.2. The van der Waals surface area contributed by atoms with Crippen molar-refractivity contribution in [1.82, 2.24) is 0 Å². The lowest BCUT2D eigenvalue weighted by Gasteiger charge is -2.21. The lowest BCUT2D eigenvalue weighted by atomic mass is 9.88. The Morgan fingerprint density at radius 2 is 2.00 bits per heavy atom. The number of ketones is 1. The fourth-order valence-electron chi connectivity index (χ4n) is 3.39. The van der Waals surface area contributed by atoms with Gasteiger partial charge in [-0.1, -0.05) is 50.5 Å². The molecule has 148 valence electrons. The molecule has 0 radical (unpaired) electrons. The van der Waals surface area contributed by atoms with E-state index < -0.39 is 17.7 Å². The number of allylic oxidation sites excluding steroid dienone is 3. The predicted octanol–water partition coefficient (Wildman–Crippen LogP) is 3.64. The average molecular weight is 366 g/mol. The molecule has 1 unspecified atom stereocenters.